The average molecular weight is 423 g/mol. The van der Waals surface area contributed by atoms with Gasteiger partial charge in [-0.25, -0.2) is 0 Å². The highest BCUT2D eigenvalue weighted by Gasteiger charge is 2.42. The Labute approximate surface area is 180 Å². The van der Waals surface area contributed by atoms with Crippen molar-refractivity contribution in [1.82, 2.24) is 15.1 Å². The monoisotopic (exact) mass is 423 g/mol. The second kappa shape index (κ2) is 8.31. The molecule has 31 heavy (non-hydrogen) atoms. The summed E-state index contributed by atoms with van der Waals surface area (Å²) in [6.45, 7) is 2.27. The standard InChI is InChI=1S/C23H25N3O5/c1-13-5-7-16(28)15(11-13)20-19-21(25-24-20)23(29)26(9-4-10-27)22(19)14-6-8-17(30-2)18(12-14)31-3/h5-8,11-12,22,27-28H,4,9-10H2,1-3H3,(H,24,25)/t22-/m0/s1. The summed E-state index contributed by atoms with van der Waals surface area (Å²) in [5, 5.41) is 27.1. The van der Waals surface area contributed by atoms with E-state index in [2.05, 4.69) is 10.2 Å². The minimum absolute atomic E-state index is 0.0276. The lowest BCUT2D eigenvalue weighted by Gasteiger charge is -2.26. The van der Waals surface area contributed by atoms with Gasteiger partial charge >= 0.3 is 0 Å². The molecule has 0 radical (unpaired) electrons. The van der Waals surface area contributed by atoms with Crippen LogP contribution in [0.1, 0.15) is 39.6 Å². The Morgan fingerprint density at radius 3 is 2.61 bits per heavy atom. The van der Waals surface area contributed by atoms with E-state index in [0.29, 0.717) is 47.0 Å². The number of ether oxygens (including phenoxy) is 2. The summed E-state index contributed by atoms with van der Waals surface area (Å²) in [6, 6.07) is 10.3. The van der Waals surface area contributed by atoms with E-state index in [0.717, 1.165) is 11.1 Å². The number of carbonyl (C=O) groups excluding carboxylic acids is 1. The van der Waals surface area contributed by atoms with Gasteiger partial charge in [-0.1, -0.05) is 17.7 Å². The highest BCUT2D eigenvalue weighted by atomic mass is 16.5. The first kappa shape index (κ1) is 20.7. The van der Waals surface area contributed by atoms with Crippen LogP contribution in [0.5, 0.6) is 17.2 Å². The summed E-state index contributed by atoms with van der Waals surface area (Å²) in [5.74, 6) is 1.02. The van der Waals surface area contributed by atoms with Crippen molar-refractivity contribution in [3.8, 4) is 28.5 Å². The van der Waals surface area contributed by atoms with Gasteiger partial charge in [-0.05, 0) is 43.2 Å². The second-order valence-corrected chi connectivity index (χ2v) is 7.47. The number of carbonyl (C=O) groups is 1. The molecule has 0 spiro atoms. The van der Waals surface area contributed by atoms with E-state index in [-0.39, 0.29) is 18.3 Å². The highest BCUT2D eigenvalue weighted by molar-refractivity contribution is 6.00. The van der Waals surface area contributed by atoms with Gasteiger partial charge in [0.2, 0.25) is 0 Å². The maximum atomic E-state index is 13.2. The first-order valence-corrected chi connectivity index (χ1v) is 10.0. The molecule has 2 heterocycles. The molecular formula is C23H25N3O5. The van der Waals surface area contributed by atoms with Crippen molar-refractivity contribution in [1.29, 1.82) is 0 Å². The summed E-state index contributed by atoms with van der Waals surface area (Å²) in [7, 11) is 3.13. The third-order valence-electron chi connectivity index (χ3n) is 5.55. The summed E-state index contributed by atoms with van der Waals surface area (Å²) in [4.78, 5) is 14.9. The Balaban J connectivity index is 1.90. The average Bonchev–Trinajstić information content (AvgIpc) is 3.32. The number of benzene rings is 2. The van der Waals surface area contributed by atoms with Crippen LogP contribution in [0.15, 0.2) is 36.4 Å². The van der Waals surface area contributed by atoms with Crippen LogP contribution in [0.25, 0.3) is 11.3 Å². The van der Waals surface area contributed by atoms with E-state index in [9.17, 15) is 15.0 Å². The fraction of sp³-hybridized carbons (Fsp3) is 0.304. The number of aliphatic hydroxyl groups excluding tert-OH is 1. The molecule has 0 bridgehead atoms. The van der Waals surface area contributed by atoms with Crippen molar-refractivity contribution in [2.45, 2.75) is 19.4 Å². The smallest absolute Gasteiger partial charge is 0.273 e. The molecule has 1 aromatic heterocycles. The van der Waals surface area contributed by atoms with Crippen LogP contribution in [0, 0.1) is 6.92 Å². The van der Waals surface area contributed by atoms with Gasteiger partial charge in [0.25, 0.3) is 5.91 Å². The van der Waals surface area contributed by atoms with Crippen molar-refractivity contribution < 1.29 is 24.5 Å². The molecule has 0 unspecified atom stereocenters. The van der Waals surface area contributed by atoms with E-state index < -0.39 is 6.04 Å². The molecule has 1 aliphatic rings. The molecule has 1 aliphatic heterocycles. The zero-order valence-corrected chi connectivity index (χ0v) is 17.7. The molecule has 1 atom stereocenters. The molecule has 0 saturated carbocycles. The van der Waals surface area contributed by atoms with E-state index >= 15 is 0 Å². The van der Waals surface area contributed by atoms with Crippen LogP contribution in [0.2, 0.25) is 0 Å². The van der Waals surface area contributed by atoms with Crippen LogP contribution >= 0.6 is 0 Å². The lowest BCUT2D eigenvalue weighted by molar-refractivity contribution is 0.0732. The van der Waals surface area contributed by atoms with E-state index in [4.69, 9.17) is 9.47 Å². The molecule has 0 fully saturated rings. The van der Waals surface area contributed by atoms with Crippen molar-refractivity contribution >= 4 is 5.91 Å². The van der Waals surface area contributed by atoms with Crippen molar-refractivity contribution in [3.05, 3.63) is 58.8 Å². The number of hydrogen-bond acceptors (Lipinski definition) is 6. The van der Waals surface area contributed by atoms with Gasteiger partial charge in [0.1, 0.15) is 17.1 Å². The number of aliphatic hydroxyl groups is 1. The van der Waals surface area contributed by atoms with Crippen molar-refractivity contribution in [2.75, 3.05) is 27.4 Å². The highest BCUT2D eigenvalue weighted by Crippen LogP contribution is 2.46. The lowest BCUT2D eigenvalue weighted by atomic mass is 9.94. The zero-order valence-electron chi connectivity index (χ0n) is 17.7. The Hall–Kier alpha value is -3.52. The van der Waals surface area contributed by atoms with E-state index in [1.54, 1.807) is 31.3 Å². The summed E-state index contributed by atoms with van der Waals surface area (Å²) in [5.41, 5.74) is 3.94. The Bertz CT molecular complexity index is 1120. The molecule has 1 amide bonds. The largest absolute Gasteiger partial charge is 0.507 e. The van der Waals surface area contributed by atoms with Gasteiger partial charge < -0.3 is 24.6 Å². The topological polar surface area (TPSA) is 108 Å². The number of phenols is 1. The molecule has 8 nitrogen and oxygen atoms in total. The number of nitrogens with zero attached hydrogens (tertiary/aromatic N) is 2. The molecule has 0 saturated heterocycles. The number of rotatable bonds is 7. The van der Waals surface area contributed by atoms with Crippen molar-refractivity contribution in [2.24, 2.45) is 0 Å². The normalized spacial score (nSPS) is 15.3. The first-order chi connectivity index (χ1) is 15.0. The zero-order chi connectivity index (χ0) is 22.1. The molecule has 4 rings (SSSR count). The van der Waals surface area contributed by atoms with Gasteiger partial charge in [-0.15, -0.1) is 0 Å². The molecule has 3 aromatic rings. The fourth-order valence-corrected chi connectivity index (χ4v) is 4.08. The number of hydrogen-bond donors (Lipinski definition) is 3. The molecule has 162 valence electrons. The number of aryl methyl sites for hydroxylation is 1. The number of aromatic nitrogens is 2. The quantitative estimate of drug-likeness (QED) is 0.539. The van der Waals surface area contributed by atoms with Crippen LogP contribution in [0.4, 0.5) is 0 Å². The maximum absolute atomic E-state index is 13.2. The van der Waals surface area contributed by atoms with Gasteiger partial charge in [0.05, 0.1) is 20.3 Å². The van der Waals surface area contributed by atoms with E-state index in [1.165, 1.54) is 0 Å². The molecule has 2 aromatic carbocycles. The van der Waals surface area contributed by atoms with Crippen LogP contribution < -0.4 is 9.47 Å². The molecule has 8 heteroatoms. The summed E-state index contributed by atoms with van der Waals surface area (Å²) < 4.78 is 10.8. The van der Waals surface area contributed by atoms with Crippen LogP contribution in [-0.2, 0) is 0 Å². The summed E-state index contributed by atoms with van der Waals surface area (Å²) >= 11 is 0. The van der Waals surface area contributed by atoms with Crippen LogP contribution in [-0.4, -0.2) is 58.6 Å². The number of aromatic hydroxyl groups is 1. The molecule has 0 aliphatic carbocycles. The SMILES string of the molecule is COc1ccc([C@H]2c3c(-c4cc(C)ccc4O)n[nH]c3C(=O)N2CCCO)cc1OC. The predicted octanol–water partition coefficient (Wildman–Crippen LogP) is 3.04. The van der Waals surface area contributed by atoms with Gasteiger partial charge in [-0.2, -0.15) is 5.10 Å². The maximum Gasteiger partial charge on any atom is 0.273 e. The molecular weight excluding hydrogens is 398 g/mol. The second-order valence-electron chi connectivity index (χ2n) is 7.47. The summed E-state index contributed by atoms with van der Waals surface area (Å²) in [6.07, 6.45) is 0.443. The minimum Gasteiger partial charge on any atom is -0.507 e. The van der Waals surface area contributed by atoms with Gasteiger partial charge in [-0.3, -0.25) is 9.89 Å². The van der Waals surface area contributed by atoms with Gasteiger partial charge in [0, 0.05) is 24.3 Å². The third kappa shape index (κ3) is 3.48. The number of methoxy groups -OCH3 is 2. The number of H-pyrrole nitrogens is 1. The number of nitrogens with one attached hydrogen (secondary N) is 1. The third-order valence-corrected chi connectivity index (χ3v) is 5.55. The molecule has 3 N–H and O–H groups in total. The van der Waals surface area contributed by atoms with Gasteiger partial charge in [0.15, 0.2) is 11.5 Å². The Morgan fingerprint density at radius 1 is 1.13 bits per heavy atom. The minimum atomic E-state index is -0.456. The number of aromatic amines is 1. The Kier molecular flexibility index (Phi) is 5.56. The number of fused-ring (bicyclic) bond motifs is 1. The fourth-order valence-electron chi connectivity index (χ4n) is 4.08. The van der Waals surface area contributed by atoms with E-state index in [1.807, 2.05) is 31.2 Å². The Morgan fingerprint density at radius 2 is 1.90 bits per heavy atom. The number of amides is 1. The van der Waals surface area contributed by atoms with Crippen molar-refractivity contribution in [3.63, 3.8) is 0 Å². The predicted molar refractivity (Wildman–Crippen MR) is 115 cm³/mol. The van der Waals surface area contributed by atoms with Crippen LogP contribution in [0.3, 0.4) is 0 Å². The lowest BCUT2D eigenvalue weighted by Crippen LogP contribution is -2.31. The first-order valence-electron chi connectivity index (χ1n) is 10.0. The number of phenolic OH excluding ortho intramolecular Hbond substituents is 1.